The highest BCUT2D eigenvalue weighted by Crippen LogP contribution is 2.29. The topological polar surface area (TPSA) is 133 Å². The lowest BCUT2D eigenvalue weighted by Crippen LogP contribution is -2.33. The number of pyridine rings is 1. The average Bonchev–Trinajstić information content (AvgIpc) is 3.31. The number of hydrogen-bond donors (Lipinski definition) is 2. The van der Waals surface area contributed by atoms with Crippen LogP contribution in [0, 0.1) is 5.82 Å². The van der Waals surface area contributed by atoms with Crippen LogP contribution in [-0.4, -0.2) is 68.7 Å². The Bertz CT molecular complexity index is 1510. The van der Waals surface area contributed by atoms with E-state index in [0.29, 0.717) is 36.5 Å². The Hall–Kier alpha value is -3.96. The third-order valence-electron chi connectivity index (χ3n) is 6.36. The Balaban J connectivity index is 1.55. The minimum absolute atomic E-state index is 0.0397. The highest BCUT2D eigenvalue weighted by molar-refractivity contribution is 6.27. The summed E-state index contributed by atoms with van der Waals surface area (Å²) >= 11 is 5.88. The van der Waals surface area contributed by atoms with Crippen LogP contribution in [0.5, 0.6) is 5.75 Å². The number of benzene rings is 2. The van der Waals surface area contributed by atoms with Crippen LogP contribution in [0.25, 0.3) is 21.9 Å². The number of imidazole rings is 1. The molecule has 0 unspecified atom stereocenters. The molecule has 0 aliphatic rings. The molecule has 0 aliphatic carbocycles. The highest BCUT2D eigenvalue weighted by Gasteiger charge is 2.20. The van der Waals surface area contributed by atoms with E-state index in [0.717, 1.165) is 16.4 Å². The number of aliphatic hydroxyl groups excluding tert-OH is 1. The number of amides is 1. The minimum Gasteiger partial charge on any atom is -0.479 e. The van der Waals surface area contributed by atoms with Crippen LogP contribution in [0.1, 0.15) is 24.7 Å². The summed E-state index contributed by atoms with van der Waals surface area (Å²) in [5.41, 5.74) is 8.52. The number of alkyl halides is 1. The molecular formula is C28H31ClFN5O5. The molecule has 3 N–H and O–H groups in total. The molecule has 12 heteroatoms. The van der Waals surface area contributed by atoms with E-state index in [2.05, 4.69) is 9.97 Å². The van der Waals surface area contributed by atoms with Gasteiger partial charge < -0.3 is 29.8 Å². The first-order valence-corrected chi connectivity index (χ1v) is 13.4. The number of rotatable bonds is 13. The lowest BCUT2D eigenvalue weighted by atomic mass is 10.1. The van der Waals surface area contributed by atoms with Gasteiger partial charge in [-0.3, -0.25) is 4.79 Å². The second-order valence-corrected chi connectivity index (χ2v) is 9.26. The van der Waals surface area contributed by atoms with Crippen molar-refractivity contribution in [2.75, 3.05) is 38.0 Å². The maximum atomic E-state index is 15.2. The summed E-state index contributed by atoms with van der Waals surface area (Å²) in [6.07, 6.45) is 0.806. The van der Waals surface area contributed by atoms with Crippen LogP contribution in [0.15, 0.2) is 42.5 Å². The van der Waals surface area contributed by atoms with Gasteiger partial charge in [0.1, 0.15) is 17.2 Å². The SMILES string of the molecule is CCOC(=O)COc1cccc(CN(CCCn2c(CCO)nc3c(N)nc4ccccc4c32)C(=O)CCl)c1F. The molecule has 0 saturated carbocycles. The van der Waals surface area contributed by atoms with Gasteiger partial charge in [0, 0.05) is 37.0 Å². The number of aliphatic hydroxyl groups is 1. The van der Waals surface area contributed by atoms with E-state index >= 15 is 4.39 Å². The van der Waals surface area contributed by atoms with Crippen molar-refractivity contribution in [3.8, 4) is 5.75 Å². The molecule has 0 fully saturated rings. The standard InChI is InChI=1S/C28H31ClFN5O5/c1-2-39-24(38)17-40-21-10-5-7-18(25(21)30)16-34(23(37)15-29)12-6-13-35-22(11-14-36)33-26-27(35)19-8-3-4-9-20(19)32-28(26)31/h3-5,7-10,36H,2,6,11-17H2,1H3,(H2,31,32). The zero-order chi connectivity index (χ0) is 28.6. The molecule has 4 rings (SSSR count). The summed E-state index contributed by atoms with van der Waals surface area (Å²) in [5.74, 6) is -1.06. The monoisotopic (exact) mass is 571 g/mol. The first kappa shape index (κ1) is 29.0. The van der Waals surface area contributed by atoms with Gasteiger partial charge in [-0.25, -0.2) is 19.2 Å². The van der Waals surface area contributed by atoms with Gasteiger partial charge in [-0.15, -0.1) is 11.6 Å². The Morgan fingerprint density at radius 2 is 1.98 bits per heavy atom. The Kier molecular flexibility index (Phi) is 9.73. The van der Waals surface area contributed by atoms with Crippen LogP contribution in [0.2, 0.25) is 0 Å². The van der Waals surface area contributed by atoms with Crippen LogP contribution in [0.3, 0.4) is 0 Å². The van der Waals surface area contributed by atoms with Gasteiger partial charge in [0.2, 0.25) is 5.91 Å². The number of carbonyl (C=O) groups is 2. The molecule has 10 nitrogen and oxygen atoms in total. The van der Waals surface area contributed by atoms with E-state index in [1.807, 2.05) is 28.8 Å². The average molecular weight is 572 g/mol. The molecule has 2 heterocycles. The van der Waals surface area contributed by atoms with Gasteiger partial charge in [-0.05, 0) is 25.5 Å². The smallest absolute Gasteiger partial charge is 0.344 e. The van der Waals surface area contributed by atoms with Crippen LogP contribution >= 0.6 is 11.6 Å². The zero-order valence-electron chi connectivity index (χ0n) is 22.1. The normalized spacial score (nSPS) is 11.2. The predicted molar refractivity (Wildman–Crippen MR) is 150 cm³/mol. The first-order chi connectivity index (χ1) is 19.4. The van der Waals surface area contributed by atoms with Crippen molar-refractivity contribution in [2.45, 2.75) is 32.9 Å². The Labute approximate surface area is 235 Å². The fourth-order valence-electron chi connectivity index (χ4n) is 4.57. The minimum atomic E-state index is -0.667. The summed E-state index contributed by atoms with van der Waals surface area (Å²) in [7, 11) is 0. The molecular weight excluding hydrogens is 541 g/mol. The number of nitrogen functional groups attached to an aromatic ring is 1. The van der Waals surface area contributed by atoms with E-state index in [4.69, 9.17) is 26.8 Å². The third-order valence-corrected chi connectivity index (χ3v) is 6.59. The van der Waals surface area contributed by atoms with Crippen molar-refractivity contribution in [1.29, 1.82) is 0 Å². The number of para-hydroxylation sites is 1. The second-order valence-electron chi connectivity index (χ2n) is 8.99. The van der Waals surface area contributed by atoms with Crippen molar-refractivity contribution < 1.29 is 28.6 Å². The number of anilines is 1. The number of ether oxygens (including phenoxy) is 2. The lowest BCUT2D eigenvalue weighted by Gasteiger charge is -2.23. The first-order valence-electron chi connectivity index (χ1n) is 12.9. The molecule has 0 aliphatic heterocycles. The number of esters is 1. The molecule has 0 bridgehead atoms. The Morgan fingerprint density at radius 3 is 2.73 bits per heavy atom. The molecule has 2 aromatic heterocycles. The number of halogens is 2. The number of carbonyl (C=O) groups excluding carboxylic acids is 2. The van der Waals surface area contributed by atoms with E-state index in [1.54, 1.807) is 19.1 Å². The number of aromatic nitrogens is 3. The fraction of sp³-hybridized carbons (Fsp3) is 0.357. The summed E-state index contributed by atoms with van der Waals surface area (Å²) < 4.78 is 27.3. The van der Waals surface area contributed by atoms with Gasteiger partial charge in [0.25, 0.3) is 0 Å². The summed E-state index contributed by atoms with van der Waals surface area (Å²) in [6.45, 7) is 2.02. The Morgan fingerprint density at radius 1 is 1.18 bits per heavy atom. The summed E-state index contributed by atoms with van der Waals surface area (Å²) in [4.78, 5) is 34.9. The van der Waals surface area contributed by atoms with Crippen LogP contribution in [-0.2, 0) is 33.8 Å². The van der Waals surface area contributed by atoms with Crippen LogP contribution < -0.4 is 10.5 Å². The maximum absolute atomic E-state index is 15.2. The molecule has 40 heavy (non-hydrogen) atoms. The quantitative estimate of drug-likeness (QED) is 0.184. The number of aryl methyl sites for hydroxylation is 1. The lowest BCUT2D eigenvalue weighted by molar-refractivity contribution is -0.145. The van der Waals surface area contributed by atoms with Gasteiger partial charge in [-0.1, -0.05) is 30.3 Å². The fourth-order valence-corrected chi connectivity index (χ4v) is 4.74. The molecule has 0 atom stereocenters. The van der Waals surface area contributed by atoms with Gasteiger partial charge in [0.15, 0.2) is 24.0 Å². The van der Waals surface area contributed by atoms with Gasteiger partial charge in [0.05, 0.1) is 24.2 Å². The number of nitrogens with zero attached hydrogens (tertiary/aromatic N) is 4. The van der Waals surface area contributed by atoms with E-state index < -0.39 is 18.4 Å². The largest absolute Gasteiger partial charge is 0.479 e. The van der Waals surface area contributed by atoms with Crippen molar-refractivity contribution in [2.24, 2.45) is 0 Å². The third kappa shape index (κ3) is 6.43. The second kappa shape index (κ2) is 13.4. The van der Waals surface area contributed by atoms with Crippen molar-refractivity contribution >= 4 is 51.2 Å². The molecule has 212 valence electrons. The summed E-state index contributed by atoms with van der Waals surface area (Å²) in [5, 5.41) is 10.5. The summed E-state index contributed by atoms with van der Waals surface area (Å²) in [6, 6.07) is 12.1. The molecule has 1 amide bonds. The maximum Gasteiger partial charge on any atom is 0.344 e. The van der Waals surface area contributed by atoms with Crippen LogP contribution in [0.4, 0.5) is 10.2 Å². The molecule has 0 saturated heterocycles. The molecule has 0 radical (unpaired) electrons. The van der Waals surface area contributed by atoms with Gasteiger partial charge >= 0.3 is 5.97 Å². The van der Waals surface area contributed by atoms with Crippen molar-refractivity contribution in [3.05, 3.63) is 59.7 Å². The van der Waals surface area contributed by atoms with E-state index in [9.17, 15) is 14.7 Å². The predicted octanol–water partition coefficient (Wildman–Crippen LogP) is 3.44. The van der Waals surface area contributed by atoms with E-state index in [1.165, 1.54) is 11.0 Å². The number of fused-ring (bicyclic) bond motifs is 3. The molecule has 4 aromatic rings. The van der Waals surface area contributed by atoms with Crippen molar-refractivity contribution in [1.82, 2.24) is 19.4 Å². The van der Waals surface area contributed by atoms with Gasteiger partial charge in [-0.2, -0.15) is 0 Å². The molecule has 2 aromatic carbocycles. The van der Waals surface area contributed by atoms with E-state index in [-0.39, 0.29) is 49.4 Å². The molecule has 0 spiro atoms. The highest BCUT2D eigenvalue weighted by atomic mass is 35.5. The number of nitrogens with two attached hydrogens (primary N) is 1. The zero-order valence-corrected chi connectivity index (χ0v) is 22.9. The van der Waals surface area contributed by atoms with Crippen molar-refractivity contribution in [3.63, 3.8) is 0 Å². The number of hydrogen-bond acceptors (Lipinski definition) is 8.